The predicted molar refractivity (Wildman–Crippen MR) is 92.9 cm³/mol. The number of hydrogen-bond acceptors (Lipinski definition) is 2. The molecule has 0 aromatic heterocycles. The van der Waals surface area contributed by atoms with Crippen LogP contribution in [0.5, 0.6) is 0 Å². The molecule has 0 unspecified atom stereocenters. The van der Waals surface area contributed by atoms with E-state index in [0.29, 0.717) is 23.0 Å². The quantitative estimate of drug-likeness (QED) is 0.362. The van der Waals surface area contributed by atoms with Crippen LogP contribution < -0.4 is 0 Å². The molecule has 0 aromatic carbocycles. The topological polar surface area (TPSA) is 26.3 Å². The minimum Gasteiger partial charge on any atom is -0.548 e. The van der Waals surface area contributed by atoms with Crippen LogP contribution in [0.1, 0.15) is 74.7 Å². The van der Waals surface area contributed by atoms with Crippen molar-refractivity contribution in [2.75, 3.05) is 0 Å². The van der Waals surface area contributed by atoms with E-state index in [1.807, 2.05) is 6.26 Å². The third-order valence-electron chi connectivity index (χ3n) is 5.17. The van der Waals surface area contributed by atoms with Gasteiger partial charge in [-0.15, -0.1) is 0 Å². The van der Waals surface area contributed by atoms with E-state index < -0.39 is 8.32 Å². The highest BCUT2D eigenvalue weighted by molar-refractivity contribution is 6.77. The van der Waals surface area contributed by atoms with Gasteiger partial charge < -0.3 is 4.43 Å². The molecule has 0 N–H and O–H groups in total. The molecule has 0 heterocycles. The number of Topliss-reactive ketones (excluding diaryl/α,β-unsaturated/α-hetero) is 1. The molecule has 1 aliphatic rings. The maximum Gasteiger partial charge on any atom is 0.257 e. The van der Waals surface area contributed by atoms with Crippen molar-refractivity contribution in [3.63, 3.8) is 0 Å². The Bertz CT molecular complexity index is 384. The van der Waals surface area contributed by atoms with Gasteiger partial charge in [0.2, 0.25) is 0 Å². The molecule has 1 rings (SSSR count). The smallest absolute Gasteiger partial charge is 0.257 e. The number of allylic oxidation sites excluding steroid dienone is 1. The normalized spacial score (nSPS) is 21.7. The number of carbonyl (C=O) groups excluding carboxylic acids is 1. The molecule has 122 valence electrons. The van der Waals surface area contributed by atoms with Crippen molar-refractivity contribution in [2.24, 2.45) is 5.41 Å². The number of carbonyl (C=O) groups is 1. The Kier molecular flexibility index (Phi) is 5.88. The molecule has 0 saturated heterocycles. The van der Waals surface area contributed by atoms with Gasteiger partial charge in [-0.3, -0.25) is 4.79 Å². The zero-order valence-electron chi connectivity index (χ0n) is 15.2. The Balaban J connectivity index is 3.04. The molecule has 0 radical (unpaired) electrons. The van der Waals surface area contributed by atoms with E-state index in [-0.39, 0.29) is 11.2 Å². The maximum atomic E-state index is 12.2. The van der Waals surface area contributed by atoms with Gasteiger partial charge in [0.25, 0.3) is 8.32 Å². The Morgan fingerprint density at radius 3 is 1.95 bits per heavy atom. The third kappa shape index (κ3) is 4.00. The molecule has 1 saturated carbocycles. The van der Waals surface area contributed by atoms with Gasteiger partial charge in [-0.1, -0.05) is 55.4 Å². The van der Waals surface area contributed by atoms with Crippen LogP contribution in [0.15, 0.2) is 11.8 Å². The number of ketones is 1. The van der Waals surface area contributed by atoms with E-state index in [4.69, 9.17) is 4.43 Å². The van der Waals surface area contributed by atoms with Crippen molar-refractivity contribution in [3.05, 3.63) is 11.8 Å². The molecule has 3 heteroatoms. The van der Waals surface area contributed by atoms with E-state index in [2.05, 4.69) is 55.4 Å². The highest BCUT2D eigenvalue weighted by Crippen LogP contribution is 2.43. The standard InChI is InChI=1S/C18H34O2Si/c1-13(2)21(14(3)4,15(5)6)20-12-16-11-18(7,8)10-9-17(16)19/h12-15H,9-11H2,1-8H3. The first-order chi connectivity index (χ1) is 9.53. The minimum atomic E-state index is -1.92. The molecule has 0 bridgehead atoms. The molecule has 1 aliphatic carbocycles. The lowest BCUT2D eigenvalue weighted by atomic mass is 9.75. The van der Waals surface area contributed by atoms with Gasteiger partial charge >= 0.3 is 0 Å². The zero-order chi connectivity index (χ0) is 16.4. The highest BCUT2D eigenvalue weighted by atomic mass is 28.4. The van der Waals surface area contributed by atoms with Crippen LogP contribution >= 0.6 is 0 Å². The van der Waals surface area contributed by atoms with Crippen LogP contribution in [-0.4, -0.2) is 14.1 Å². The SMILES string of the molecule is CC(C)[Si](OC=C1CC(C)(C)CCC1=O)(C(C)C)C(C)C. The Hall–Kier alpha value is -0.573. The molecular formula is C18H34O2Si. The molecule has 21 heavy (non-hydrogen) atoms. The van der Waals surface area contributed by atoms with Gasteiger partial charge in [-0.2, -0.15) is 0 Å². The van der Waals surface area contributed by atoms with Crippen LogP contribution in [0, 0.1) is 5.41 Å². The van der Waals surface area contributed by atoms with Crippen molar-refractivity contribution in [1.29, 1.82) is 0 Å². The van der Waals surface area contributed by atoms with E-state index in [9.17, 15) is 4.79 Å². The second-order valence-electron chi connectivity index (χ2n) is 8.34. The fourth-order valence-corrected chi connectivity index (χ4v) is 9.17. The average Bonchev–Trinajstić information content (AvgIpc) is 2.32. The lowest BCUT2D eigenvalue weighted by Crippen LogP contribution is -2.46. The first-order valence-corrected chi connectivity index (χ1v) is 10.6. The first kappa shape index (κ1) is 18.5. The second-order valence-corrected chi connectivity index (χ2v) is 13.7. The van der Waals surface area contributed by atoms with Crippen LogP contribution in [0.3, 0.4) is 0 Å². The van der Waals surface area contributed by atoms with Gasteiger partial charge in [0.05, 0.1) is 6.26 Å². The summed E-state index contributed by atoms with van der Waals surface area (Å²) in [7, 11) is -1.92. The average molecular weight is 311 g/mol. The van der Waals surface area contributed by atoms with E-state index >= 15 is 0 Å². The lowest BCUT2D eigenvalue weighted by molar-refractivity contribution is -0.117. The van der Waals surface area contributed by atoms with Crippen LogP contribution in [-0.2, 0) is 9.22 Å². The Labute approximate surface area is 132 Å². The molecule has 0 aromatic rings. The summed E-state index contributed by atoms with van der Waals surface area (Å²) in [5.41, 5.74) is 2.76. The Morgan fingerprint density at radius 2 is 1.52 bits per heavy atom. The van der Waals surface area contributed by atoms with Crippen molar-refractivity contribution in [2.45, 2.75) is 91.3 Å². The molecular weight excluding hydrogens is 276 g/mol. The molecule has 1 fully saturated rings. The van der Waals surface area contributed by atoms with Crippen molar-refractivity contribution >= 4 is 14.1 Å². The summed E-state index contributed by atoms with van der Waals surface area (Å²) in [6.45, 7) is 18.1. The minimum absolute atomic E-state index is 0.223. The number of hydrogen-bond donors (Lipinski definition) is 0. The zero-order valence-corrected chi connectivity index (χ0v) is 16.2. The fraction of sp³-hybridized carbons (Fsp3) is 0.833. The van der Waals surface area contributed by atoms with Gasteiger partial charge in [0.1, 0.15) is 0 Å². The summed E-state index contributed by atoms with van der Waals surface area (Å²) in [6.07, 6.45) is 4.37. The monoisotopic (exact) mass is 310 g/mol. The van der Waals surface area contributed by atoms with E-state index in [0.717, 1.165) is 18.4 Å². The van der Waals surface area contributed by atoms with Crippen LogP contribution in [0.2, 0.25) is 16.6 Å². The summed E-state index contributed by atoms with van der Waals surface area (Å²) < 4.78 is 6.47. The van der Waals surface area contributed by atoms with Crippen molar-refractivity contribution in [1.82, 2.24) is 0 Å². The highest BCUT2D eigenvalue weighted by Gasteiger charge is 2.46. The van der Waals surface area contributed by atoms with Gasteiger partial charge in [-0.25, -0.2) is 0 Å². The second kappa shape index (κ2) is 6.68. The van der Waals surface area contributed by atoms with Gasteiger partial charge in [0.15, 0.2) is 5.78 Å². The summed E-state index contributed by atoms with van der Waals surface area (Å²) in [5.74, 6) is 0.286. The first-order valence-electron chi connectivity index (χ1n) is 8.43. The summed E-state index contributed by atoms with van der Waals surface area (Å²) in [6, 6.07) is 0. The van der Waals surface area contributed by atoms with Gasteiger partial charge in [-0.05, 0) is 34.9 Å². The summed E-state index contributed by atoms with van der Waals surface area (Å²) in [4.78, 5) is 12.2. The molecule has 0 amide bonds. The summed E-state index contributed by atoms with van der Waals surface area (Å²) in [5, 5.41) is 0. The van der Waals surface area contributed by atoms with Crippen molar-refractivity contribution in [3.8, 4) is 0 Å². The lowest BCUT2D eigenvalue weighted by Gasteiger charge is -2.41. The number of rotatable bonds is 5. The van der Waals surface area contributed by atoms with Crippen molar-refractivity contribution < 1.29 is 9.22 Å². The largest absolute Gasteiger partial charge is 0.548 e. The molecule has 0 aliphatic heterocycles. The van der Waals surface area contributed by atoms with E-state index in [1.165, 1.54) is 0 Å². The predicted octanol–water partition coefficient (Wildman–Crippen LogP) is 5.84. The maximum absolute atomic E-state index is 12.2. The van der Waals surface area contributed by atoms with Gasteiger partial charge in [0, 0.05) is 12.0 Å². The fourth-order valence-electron chi connectivity index (χ4n) is 4.00. The summed E-state index contributed by atoms with van der Waals surface area (Å²) >= 11 is 0. The van der Waals surface area contributed by atoms with Crippen LogP contribution in [0.4, 0.5) is 0 Å². The Morgan fingerprint density at radius 1 is 1.05 bits per heavy atom. The van der Waals surface area contributed by atoms with E-state index in [1.54, 1.807) is 0 Å². The molecule has 0 spiro atoms. The molecule has 0 atom stereocenters. The van der Waals surface area contributed by atoms with Crippen LogP contribution in [0.25, 0.3) is 0 Å². The molecule has 2 nitrogen and oxygen atoms in total. The third-order valence-corrected chi connectivity index (χ3v) is 11.1.